The van der Waals surface area contributed by atoms with Crippen LogP contribution in [0.3, 0.4) is 0 Å². The molecule has 0 spiro atoms. The van der Waals surface area contributed by atoms with Crippen molar-refractivity contribution in [3.8, 4) is 0 Å². The predicted octanol–water partition coefficient (Wildman–Crippen LogP) is 1.37. The van der Waals surface area contributed by atoms with E-state index in [4.69, 9.17) is 5.11 Å². The molecule has 2 N–H and O–H groups in total. The van der Waals surface area contributed by atoms with Gasteiger partial charge in [-0.15, -0.1) is 11.3 Å². The van der Waals surface area contributed by atoms with Gasteiger partial charge in [-0.3, -0.25) is 9.48 Å². The van der Waals surface area contributed by atoms with Crippen LogP contribution in [0.5, 0.6) is 0 Å². The molecule has 0 aliphatic heterocycles. The molecule has 2 aromatic heterocycles. The summed E-state index contributed by atoms with van der Waals surface area (Å²) < 4.78 is 1.57. The smallest absolute Gasteiger partial charge is 0.355 e. The lowest BCUT2D eigenvalue weighted by Gasteiger charge is -2.10. The van der Waals surface area contributed by atoms with E-state index in [1.807, 2.05) is 0 Å². The third-order valence-electron chi connectivity index (χ3n) is 2.72. The van der Waals surface area contributed by atoms with Crippen LogP contribution in [-0.4, -0.2) is 31.7 Å². The van der Waals surface area contributed by atoms with Gasteiger partial charge in [-0.2, -0.15) is 5.10 Å². The van der Waals surface area contributed by atoms with Crippen LogP contribution < -0.4 is 5.32 Å². The van der Waals surface area contributed by atoms with Gasteiger partial charge in [-0.05, 0) is 13.8 Å². The first-order valence-corrected chi connectivity index (χ1v) is 6.76. The molecule has 0 aliphatic carbocycles. The molecule has 8 heteroatoms. The number of hydrogen-bond donors (Lipinski definition) is 2. The van der Waals surface area contributed by atoms with Crippen LogP contribution in [0.25, 0.3) is 0 Å². The molecule has 106 valence electrons. The van der Waals surface area contributed by atoms with Gasteiger partial charge in [0.25, 0.3) is 5.91 Å². The van der Waals surface area contributed by atoms with Gasteiger partial charge in [0, 0.05) is 18.6 Å². The molecule has 2 aromatic rings. The van der Waals surface area contributed by atoms with Crippen molar-refractivity contribution in [1.29, 1.82) is 0 Å². The van der Waals surface area contributed by atoms with Gasteiger partial charge in [0.1, 0.15) is 5.01 Å². The number of carboxylic acids is 1. The fourth-order valence-corrected chi connectivity index (χ4v) is 2.54. The topological polar surface area (TPSA) is 97.1 Å². The zero-order valence-corrected chi connectivity index (χ0v) is 12.1. The van der Waals surface area contributed by atoms with E-state index < -0.39 is 5.97 Å². The van der Waals surface area contributed by atoms with Crippen molar-refractivity contribution in [2.45, 2.75) is 19.9 Å². The lowest BCUT2D eigenvalue weighted by molar-refractivity contribution is 0.0691. The third-order valence-corrected chi connectivity index (χ3v) is 3.74. The number of carbonyl (C=O) groups is 2. The van der Waals surface area contributed by atoms with Gasteiger partial charge in [-0.25, -0.2) is 9.78 Å². The second-order valence-electron chi connectivity index (χ2n) is 4.37. The zero-order valence-electron chi connectivity index (χ0n) is 11.2. The van der Waals surface area contributed by atoms with Crippen molar-refractivity contribution in [1.82, 2.24) is 20.1 Å². The number of hydrogen-bond acceptors (Lipinski definition) is 5. The SMILES string of the molecule is Cc1nn(C)cc1C(=O)NC(C)c1nc(C(=O)O)cs1. The number of nitrogens with zero attached hydrogens (tertiary/aromatic N) is 3. The van der Waals surface area contributed by atoms with E-state index in [9.17, 15) is 9.59 Å². The van der Waals surface area contributed by atoms with Crippen molar-refractivity contribution >= 4 is 23.2 Å². The molecule has 0 radical (unpaired) electrons. The van der Waals surface area contributed by atoms with Gasteiger partial charge in [0.15, 0.2) is 5.69 Å². The number of rotatable bonds is 4. The molecule has 1 amide bonds. The van der Waals surface area contributed by atoms with Crippen LogP contribution >= 0.6 is 11.3 Å². The highest BCUT2D eigenvalue weighted by Gasteiger charge is 2.19. The van der Waals surface area contributed by atoms with Crippen molar-refractivity contribution in [3.63, 3.8) is 0 Å². The Bertz CT molecular complexity index is 661. The molecule has 20 heavy (non-hydrogen) atoms. The molecule has 1 atom stereocenters. The normalized spacial score (nSPS) is 12.2. The van der Waals surface area contributed by atoms with E-state index in [0.717, 1.165) is 0 Å². The highest BCUT2D eigenvalue weighted by atomic mass is 32.1. The molecule has 0 fully saturated rings. The Morgan fingerprint density at radius 3 is 2.70 bits per heavy atom. The number of thiazole rings is 1. The highest BCUT2D eigenvalue weighted by molar-refractivity contribution is 7.09. The number of carbonyl (C=O) groups excluding carboxylic acids is 1. The molecular formula is C12H14N4O3S. The third kappa shape index (κ3) is 2.85. The first-order valence-electron chi connectivity index (χ1n) is 5.88. The fraction of sp³-hybridized carbons (Fsp3) is 0.333. The van der Waals surface area contributed by atoms with Crippen molar-refractivity contribution in [2.75, 3.05) is 0 Å². The largest absolute Gasteiger partial charge is 0.476 e. The van der Waals surface area contributed by atoms with Gasteiger partial charge < -0.3 is 10.4 Å². The summed E-state index contributed by atoms with van der Waals surface area (Å²) in [5, 5.41) is 17.7. The molecule has 2 heterocycles. The predicted molar refractivity (Wildman–Crippen MR) is 72.9 cm³/mol. The summed E-state index contributed by atoms with van der Waals surface area (Å²) in [6.07, 6.45) is 1.64. The van der Waals surface area contributed by atoms with Crippen molar-refractivity contribution < 1.29 is 14.7 Å². The standard InChI is InChI=1S/C12H14N4O3S/c1-6-8(4-16(3)15-6)10(17)13-7(2)11-14-9(5-20-11)12(18)19/h4-5,7H,1-3H3,(H,13,17)(H,18,19). The highest BCUT2D eigenvalue weighted by Crippen LogP contribution is 2.18. The van der Waals surface area contributed by atoms with E-state index in [0.29, 0.717) is 16.3 Å². The Hall–Kier alpha value is -2.22. The Labute approximate surface area is 119 Å². The number of aromatic carboxylic acids is 1. The summed E-state index contributed by atoms with van der Waals surface area (Å²) in [5.74, 6) is -1.33. The fourth-order valence-electron chi connectivity index (χ4n) is 1.74. The maximum atomic E-state index is 12.1. The van der Waals surface area contributed by atoms with E-state index in [1.165, 1.54) is 16.7 Å². The van der Waals surface area contributed by atoms with E-state index in [-0.39, 0.29) is 17.6 Å². The van der Waals surface area contributed by atoms with Crippen molar-refractivity contribution in [2.24, 2.45) is 7.05 Å². The van der Waals surface area contributed by atoms with Gasteiger partial charge in [-0.1, -0.05) is 0 Å². The molecule has 0 aromatic carbocycles. The lowest BCUT2D eigenvalue weighted by Crippen LogP contribution is -2.27. The molecular weight excluding hydrogens is 280 g/mol. The summed E-state index contributed by atoms with van der Waals surface area (Å²) in [6, 6.07) is -0.361. The van der Waals surface area contributed by atoms with E-state index >= 15 is 0 Å². The number of nitrogens with one attached hydrogen (secondary N) is 1. The maximum Gasteiger partial charge on any atom is 0.355 e. The van der Waals surface area contributed by atoms with E-state index in [1.54, 1.807) is 31.8 Å². The Kier molecular flexibility index (Phi) is 3.84. The number of carboxylic acid groups (broad SMARTS) is 1. The lowest BCUT2D eigenvalue weighted by atomic mass is 10.2. The minimum Gasteiger partial charge on any atom is -0.476 e. The quantitative estimate of drug-likeness (QED) is 0.887. The molecule has 0 bridgehead atoms. The average Bonchev–Trinajstić information content (AvgIpc) is 2.95. The van der Waals surface area contributed by atoms with Gasteiger partial charge in [0.2, 0.25) is 0 Å². The minimum absolute atomic E-state index is 0.0105. The monoisotopic (exact) mass is 294 g/mol. The number of aryl methyl sites for hydroxylation is 2. The van der Waals surface area contributed by atoms with Crippen LogP contribution in [0.15, 0.2) is 11.6 Å². The van der Waals surface area contributed by atoms with Crippen LogP contribution in [0, 0.1) is 6.92 Å². The second-order valence-corrected chi connectivity index (χ2v) is 5.26. The Balaban J connectivity index is 2.10. The summed E-state index contributed by atoms with van der Waals surface area (Å²) in [6.45, 7) is 3.51. The second kappa shape index (κ2) is 5.41. The van der Waals surface area contributed by atoms with Crippen molar-refractivity contribution in [3.05, 3.63) is 33.5 Å². The van der Waals surface area contributed by atoms with E-state index in [2.05, 4.69) is 15.4 Å². The van der Waals surface area contributed by atoms with Crippen LogP contribution in [0.1, 0.15) is 44.5 Å². The van der Waals surface area contributed by atoms with Crippen LogP contribution in [0.4, 0.5) is 0 Å². The summed E-state index contributed by atoms with van der Waals surface area (Å²) in [5.41, 5.74) is 1.13. The summed E-state index contributed by atoms with van der Waals surface area (Å²) in [7, 11) is 1.74. The molecule has 7 nitrogen and oxygen atoms in total. The first kappa shape index (κ1) is 14.2. The first-order chi connectivity index (χ1) is 9.38. The maximum absolute atomic E-state index is 12.1. The molecule has 0 saturated carbocycles. The van der Waals surface area contributed by atoms with Gasteiger partial charge in [0.05, 0.1) is 17.3 Å². The number of aromatic nitrogens is 3. The molecule has 2 rings (SSSR count). The zero-order chi connectivity index (χ0) is 14.9. The Morgan fingerprint density at radius 2 is 2.20 bits per heavy atom. The molecule has 0 saturated heterocycles. The summed E-state index contributed by atoms with van der Waals surface area (Å²) in [4.78, 5) is 26.8. The average molecular weight is 294 g/mol. The summed E-state index contributed by atoms with van der Waals surface area (Å²) >= 11 is 1.21. The van der Waals surface area contributed by atoms with Crippen LogP contribution in [0.2, 0.25) is 0 Å². The number of amides is 1. The molecule has 1 unspecified atom stereocenters. The minimum atomic E-state index is -1.07. The molecule has 0 aliphatic rings. The van der Waals surface area contributed by atoms with Gasteiger partial charge >= 0.3 is 5.97 Å². The Morgan fingerprint density at radius 1 is 1.50 bits per heavy atom. The van der Waals surface area contributed by atoms with Crippen LogP contribution in [-0.2, 0) is 7.05 Å².